The Bertz CT molecular complexity index is 403. The van der Waals surface area contributed by atoms with Gasteiger partial charge >= 0.3 is 5.97 Å². The van der Waals surface area contributed by atoms with Gasteiger partial charge in [0, 0.05) is 23.4 Å². The van der Waals surface area contributed by atoms with E-state index in [9.17, 15) is 9.90 Å². The molecular weight excluding hydrogens is 294 g/mol. The Morgan fingerprint density at radius 3 is 2.81 bits per heavy atom. The van der Waals surface area contributed by atoms with Crippen LogP contribution in [0.15, 0.2) is 15.9 Å². The van der Waals surface area contributed by atoms with E-state index in [1.54, 1.807) is 11.3 Å². The number of rotatable bonds is 4. The second kappa shape index (κ2) is 4.35. The van der Waals surface area contributed by atoms with Crippen molar-refractivity contribution < 1.29 is 14.6 Å². The number of anilines is 1. The van der Waals surface area contributed by atoms with E-state index in [4.69, 9.17) is 4.74 Å². The third kappa shape index (κ3) is 2.09. The Kier molecular flexibility index (Phi) is 3.23. The molecule has 1 aromatic rings. The third-order valence-electron chi connectivity index (χ3n) is 2.68. The average molecular weight is 306 g/mol. The molecule has 0 aliphatic carbocycles. The predicted molar refractivity (Wildman–Crippen MR) is 66.2 cm³/mol. The lowest BCUT2D eigenvalue weighted by Gasteiger charge is -2.40. The SMILES string of the molecule is CN(CC1(C(=O)O)COC1)c1cc(Br)cs1. The molecule has 0 bridgehead atoms. The largest absolute Gasteiger partial charge is 0.481 e. The molecule has 1 aliphatic rings. The van der Waals surface area contributed by atoms with Crippen LogP contribution in [0.3, 0.4) is 0 Å². The average Bonchev–Trinajstić information content (AvgIpc) is 2.57. The molecule has 1 aliphatic heterocycles. The lowest BCUT2D eigenvalue weighted by molar-refractivity contribution is -0.177. The quantitative estimate of drug-likeness (QED) is 0.925. The highest BCUT2D eigenvalue weighted by Gasteiger charge is 2.47. The minimum atomic E-state index is -0.777. The van der Waals surface area contributed by atoms with E-state index >= 15 is 0 Å². The van der Waals surface area contributed by atoms with E-state index in [1.165, 1.54) is 0 Å². The molecular formula is C10H12BrNO3S. The van der Waals surface area contributed by atoms with Gasteiger partial charge in [0.15, 0.2) is 0 Å². The van der Waals surface area contributed by atoms with E-state index < -0.39 is 11.4 Å². The number of nitrogens with zero attached hydrogens (tertiary/aromatic N) is 1. The van der Waals surface area contributed by atoms with Gasteiger partial charge in [-0.1, -0.05) is 0 Å². The fraction of sp³-hybridized carbons (Fsp3) is 0.500. The zero-order chi connectivity index (χ0) is 11.8. The van der Waals surface area contributed by atoms with Crippen LogP contribution >= 0.6 is 27.3 Å². The molecule has 0 saturated carbocycles. The van der Waals surface area contributed by atoms with Crippen LogP contribution in [0, 0.1) is 5.41 Å². The van der Waals surface area contributed by atoms with Gasteiger partial charge in [0.25, 0.3) is 0 Å². The van der Waals surface area contributed by atoms with Crippen molar-refractivity contribution in [1.29, 1.82) is 0 Å². The van der Waals surface area contributed by atoms with Crippen molar-refractivity contribution >= 4 is 38.2 Å². The molecule has 2 rings (SSSR count). The maximum atomic E-state index is 11.2. The van der Waals surface area contributed by atoms with Gasteiger partial charge < -0.3 is 14.7 Å². The van der Waals surface area contributed by atoms with Gasteiger partial charge in [-0.25, -0.2) is 0 Å². The molecule has 0 aromatic carbocycles. The first kappa shape index (κ1) is 11.9. The topological polar surface area (TPSA) is 49.8 Å². The molecule has 2 heterocycles. The Labute approximate surface area is 106 Å². The molecule has 0 radical (unpaired) electrons. The van der Waals surface area contributed by atoms with Gasteiger partial charge in [-0.2, -0.15) is 0 Å². The number of thiophene rings is 1. The summed E-state index contributed by atoms with van der Waals surface area (Å²) in [6.45, 7) is 1.09. The third-order valence-corrected chi connectivity index (χ3v) is 4.48. The van der Waals surface area contributed by atoms with E-state index in [0.717, 1.165) is 9.47 Å². The number of hydrogen-bond acceptors (Lipinski definition) is 4. The Morgan fingerprint density at radius 2 is 2.44 bits per heavy atom. The van der Waals surface area contributed by atoms with Crippen LogP contribution in [0.25, 0.3) is 0 Å². The predicted octanol–water partition coefficient (Wildman–Crippen LogP) is 2.05. The Hall–Kier alpha value is -0.590. The van der Waals surface area contributed by atoms with Crippen LogP contribution in [0.1, 0.15) is 0 Å². The fourth-order valence-corrected chi connectivity index (χ4v) is 3.06. The number of halogens is 1. The van der Waals surface area contributed by atoms with E-state index in [2.05, 4.69) is 15.9 Å². The zero-order valence-corrected chi connectivity index (χ0v) is 11.2. The molecule has 0 spiro atoms. The van der Waals surface area contributed by atoms with Crippen molar-refractivity contribution in [3.05, 3.63) is 15.9 Å². The van der Waals surface area contributed by atoms with Crippen molar-refractivity contribution in [3.63, 3.8) is 0 Å². The Balaban J connectivity index is 2.06. The van der Waals surface area contributed by atoms with E-state index in [1.807, 2.05) is 23.4 Å². The van der Waals surface area contributed by atoms with Crippen LogP contribution in [0.4, 0.5) is 5.00 Å². The lowest BCUT2D eigenvalue weighted by atomic mass is 9.85. The summed E-state index contributed by atoms with van der Waals surface area (Å²) in [7, 11) is 1.90. The van der Waals surface area contributed by atoms with Gasteiger partial charge in [-0.3, -0.25) is 4.79 Å². The highest BCUT2D eigenvalue weighted by Crippen LogP contribution is 2.33. The molecule has 6 heteroatoms. The molecule has 1 N–H and O–H groups in total. The highest BCUT2D eigenvalue weighted by molar-refractivity contribution is 9.10. The number of carboxylic acid groups (broad SMARTS) is 1. The first-order valence-electron chi connectivity index (χ1n) is 4.80. The molecule has 88 valence electrons. The summed E-state index contributed by atoms with van der Waals surface area (Å²) < 4.78 is 6.05. The summed E-state index contributed by atoms with van der Waals surface area (Å²) in [5.41, 5.74) is -0.731. The molecule has 1 aromatic heterocycles. The van der Waals surface area contributed by atoms with Gasteiger partial charge in [0.1, 0.15) is 5.41 Å². The fourth-order valence-electron chi connectivity index (χ4n) is 1.67. The molecule has 0 unspecified atom stereocenters. The highest BCUT2D eigenvalue weighted by atomic mass is 79.9. The maximum Gasteiger partial charge on any atom is 0.316 e. The summed E-state index contributed by atoms with van der Waals surface area (Å²) >= 11 is 4.97. The van der Waals surface area contributed by atoms with Crippen molar-refractivity contribution in [1.82, 2.24) is 0 Å². The van der Waals surface area contributed by atoms with Gasteiger partial charge in [0.05, 0.1) is 18.2 Å². The van der Waals surface area contributed by atoms with Crippen molar-refractivity contribution in [3.8, 4) is 0 Å². The first-order chi connectivity index (χ1) is 7.53. The molecule has 4 nitrogen and oxygen atoms in total. The van der Waals surface area contributed by atoms with Crippen LogP contribution in [-0.4, -0.2) is 37.9 Å². The maximum absolute atomic E-state index is 11.2. The number of ether oxygens (including phenoxy) is 1. The van der Waals surface area contributed by atoms with Crippen molar-refractivity contribution in [2.75, 3.05) is 31.7 Å². The molecule has 0 atom stereocenters. The Morgan fingerprint density at radius 1 is 1.75 bits per heavy atom. The minimum absolute atomic E-state index is 0.305. The summed E-state index contributed by atoms with van der Waals surface area (Å²) in [5, 5.41) is 12.2. The second-order valence-electron chi connectivity index (χ2n) is 4.04. The number of aliphatic carboxylic acids is 1. The molecule has 16 heavy (non-hydrogen) atoms. The summed E-state index contributed by atoms with van der Waals surface area (Å²) in [6.07, 6.45) is 0. The van der Waals surface area contributed by atoms with Crippen LogP contribution in [0.5, 0.6) is 0 Å². The van der Waals surface area contributed by atoms with Crippen LogP contribution in [0.2, 0.25) is 0 Å². The van der Waals surface area contributed by atoms with E-state index in [0.29, 0.717) is 19.8 Å². The zero-order valence-electron chi connectivity index (χ0n) is 8.77. The molecule has 0 amide bonds. The van der Waals surface area contributed by atoms with Crippen molar-refractivity contribution in [2.45, 2.75) is 0 Å². The van der Waals surface area contributed by atoms with Crippen molar-refractivity contribution in [2.24, 2.45) is 5.41 Å². The molecule has 1 fully saturated rings. The summed E-state index contributed by atoms with van der Waals surface area (Å²) in [5.74, 6) is -0.777. The lowest BCUT2D eigenvalue weighted by Crippen LogP contribution is -2.55. The monoisotopic (exact) mass is 305 g/mol. The molecule has 1 saturated heterocycles. The smallest absolute Gasteiger partial charge is 0.316 e. The normalized spacial score (nSPS) is 17.9. The standard InChI is InChI=1S/C10H12BrNO3S/c1-12(8-2-7(11)3-16-8)4-10(9(13)14)5-15-6-10/h2-3H,4-6H2,1H3,(H,13,14). The van der Waals surface area contributed by atoms with Gasteiger partial charge in [-0.15, -0.1) is 11.3 Å². The summed E-state index contributed by atoms with van der Waals surface area (Å²) in [4.78, 5) is 13.1. The first-order valence-corrected chi connectivity index (χ1v) is 6.47. The van der Waals surface area contributed by atoms with Gasteiger partial charge in [0.2, 0.25) is 0 Å². The number of hydrogen-bond donors (Lipinski definition) is 1. The number of carboxylic acids is 1. The number of carbonyl (C=O) groups is 1. The minimum Gasteiger partial charge on any atom is -0.481 e. The second-order valence-corrected chi connectivity index (χ2v) is 5.84. The van der Waals surface area contributed by atoms with Gasteiger partial charge in [-0.05, 0) is 22.0 Å². The van der Waals surface area contributed by atoms with Crippen LogP contribution < -0.4 is 4.90 Å². The van der Waals surface area contributed by atoms with E-state index in [-0.39, 0.29) is 0 Å². The summed E-state index contributed by atoms with van der Waals surface area (Å²) in [6, 6.07) is 1.99. The van der Waals surface area contributed by atoms with Crippen LogP contribution in [-0.2, 0) is 9.53 Å².